The van der Waals surface area contributed by atoms with Crippen LogP contribution in [0.4, 0.5) is 4.79 Å². The number of aromatic amines is 1. The molecule has 0 saturated heterocycles. The average molecular weight is 190 g/mol. The van der Waals surface area contributed by atoms with Crippen LogP contribution in [-0.2, 0) is 10.0 Å². The number of nitrogens with two attached hydrogens (primary N) is 1. The SMILES string of the molecule is NC(=O)NS(=O)(=O)c1ncc[nH]1. The van der Waals surface area contributed by atoms with Crippen molar-refractivity contribution < 1.29 is 13.2 Å². The Hall–Kier alpha value is -1.57. The number of nitrogens with zero attached hydrogens (tertiary/aromatic N) is 1. The zero-order chi connectivity index (χ0) is 9.19. The second kappa shape index (κ2) is 2.81. The molecule has 7 nitrogen and oxygen atoms in total. The molecule has 0 fully saturated rings. The topological polar surface area (TPSA) is 118 Å². The molecule has 0 aliphatic carbocycles. The van der Waals surface area contributed by atoms with E-state index in [-0.39, 0.29) is 5.16 Å². The van der Waals surface area contributed by atoms with Crippen LogP contribution in [0.1, 0.15) is 0 Å². The van der Waals surface area contributed by atoms with E-state index in [0.717, 1.165) is 0 Å². The van der Waals surface area contributed by atoms with Crippen molar-refractivity contribution in [3.63, 3.8) is 0 Å². The van der Waals surface area contributed by atoms with Crippen LogP contribution in [0.3, 0.4) is 0 Å². The minimum atomic E-state index is -3.91. The van der Waals surface area contributed by atoms with Crippen LogP contribution < -0.4 is 10.5 Å². The van der Waals surface area contributed by atoms with Gasteiger partial charge in [0, 0.05) is 12.4 Å². The average Bonchev–Trinajstić information content (AvgIpc) is 2.32. The Morgan fingerprint density at radius 1 is 1.67 bits per heavy atom. The number of aromatic nitrogens is 2. The highest BCUT2D eigenvalue weighted by atomic mass is 32.2. The Bertz CT molecular complexity index is 367. The second-order valence-electron chi connectivity index (χ2n) is 1.86. The molecule has 1 aromatic rings. The molecular formula is C4H6N4O3S. The van der Waals surface area contributed by atoms with Gasteiger partial charge in [0.25, 0.3) is 10.0 Å². The van der Waals surface area contributed by atoms with E-state index in [4.69, 9.17) is 0 Å². The molecule has 0 aliphatic rings. The minimum Gasteiger partial charge on any atom is -0.351 e. The predicted molar refractivity (Wildman–Crippen MR) is 38.5 cm³/mol. The fourth-order valence-corrected chi connectivity index (χ4v) is 1.36. The first-order chi connectivity index (χ1) is 5.52. The summed E-state index contributed by atoms with van der Waals surface area (Å²) in [6.45, 7) is 0. The summed E-state index contributed by atoms with van der Waals surface area (Å²) in [6, 6.07) is -1.15. The highest BCUT2D eigenvalue weighted by Crippen LogP contribution is 1.97. The number of carbonyl (C=O) groups excluding carboxylic acids is 1. The third-order valence-electron chi connectivity index (χ3n) is 0.963. The molecule has 0 saturated carbocycles. The number of hydrogen-bond donors (Lipinski definition) is 3. The Morgan fingerprint density at radius 3 is 2.75 bits per heavy atom. The summed E-state index contributed by atoms with van der Waals surface area (Å²) in [5.74, 6) is 0. The molecule has 66 valence electrons. The fourth-order valence-electron chi connectivity index (χ4n) is 0.579. The van der Waals surface area contributed by atoms with E-state index in [1.54, 1.807) is 0 Å². The lowest BCUT2D eigenvalue weighted by Gasteiger charge is -1.98. The van der Waals surface area contributed by atoms with E-state index in [9.17, 15) is 13.2 Å². The number of primary amides is 1. The molecule has 1 rings (SSSR count). The van der Waals surface area contributed by atoms with Gasteiger partial charge in [0.05, 0.1) is 0 Å². The zero-order valence-electron chi connectivity index (χ0n) is 5.81. The van der Waals surface area contributed by atoms with Crippen molar-refractivity contribution in [1.82, 2.24) is 14.7 Å². The van der Waals surface area contributed by atoms with E-state index in [0.29, 0.717) is 0 Å². The van der Waals surface area contributed by atoms with Crippen molar-refractivity contribution in [3.8, 4) is 0 Å². The first kappa shape index (κ1) is 8.53. The molecule has 1 aromatic heterocycles. The number of urea groups is 1. The standard InChI is InChI=1S/C4H6N4O3S/c5-3(9)8-12(10,11)4-6-1-2-7-4/h1-2H,(H,6,7)(H3,5,8,9). The third-order valence-corrected chi connectivity index (χ3v) is 2.16. The number of rotatable bonds is 2. The van der Waals surface area contributed by atoms with E-state index in [2.05, 4.69) is 15.7 Å². The Labute approximate surface area is 68.0 Å². The van der Waals surface area contributed by atoms with Crippen LogP contribution in [0.15, 0.2) is 17.6 Å². The van der Waals surface area contributed by atoms with Gasteiger partial charge in [0.1, 0.15) is 0 Å². The molecule has 0 spiro atoms. The Balaban J connectivity index is 2.96. The summed E-state index contributed by atoms with van der Waals surface area (Å²) in [4.78, 5) is 15.9. The number of H-pyrrole nitrogens is 1. The lowest BCUT2D eigenvalue weighted by molar-refractivity contribution is 0.253. The predicted octanol–water partition coefficient (Wildman–Crippen LogP) is -1.23. The van der Waals surface area contributed by atoms with E-state index < -0.39 is 16.1 Å². The zero-order valence-corrected chi connectivity index (χ0v) is 6.63. The van der Waals surface area contributed by atoms with E-state index >= 15 is 0 Å². The lowest BCUT2D eigenvalue weighted by atomic mass is 11.0. The summed E-state index contributed by atoms with van der Waals surface area (Å²) in [7, 11) is -3.91. The highest BCUT2D eigenvalue weighted by molar-refractivity contribution is 7.89. The number of sulfonamides is 1. The van der Waals surface area contributed by atoms with Gasteiger partial charge >= 0.3 is 6.03 Å². The smallest absolute Gasteiger partial charge is 0.326 e. The van der Waals surface area contributed by atoms with Crippen molar-refractivity contribution in [2.45, 2.75) is 5.16 Å². The van der Waals surface area contributed by atoms with Gasteiger partial charge < -0.3 is 10.7 Å². The molecule has 1 heterocycles. The fraction of sp³-hybridized carbons (Fsp3) is 0. The molecular weight excluding hydrogens is 184 g/mol. The molecule has 0 radical (unpaired) electrons. The van der Waals surface area contributed by atoms with Crippen LogP contribution in [0.2, 0.25) is 0 Å². The normalized spacial score (nSPS) is 11.0. The molecule has 8 heteroatoms. The summed E-state index contributed by atoms with van der Waals surface area (Å²) in [5, 5.41) is -0.346. The molecule has 2 amide bonds. The van der Waals surface area contributed by atoms with Gasteiger partial charge in [-0.15, -0.1) is 0 Å². The van der Waals surface area contributed by atoms with Crippen molar-refractivity contribution in [3.05, 3.63) is 12.4 Å². The van der Waals surface area contributed by atoms with Gasteiger partial charge in [0.15, 0.2) is 0 Å². The van der Waals surface area contributed by atoms with Gasteiger partial charge in [-0.05, 0) is 0 Å². The van der Waals surface area contributed by atoms with Gasteiger partial charge in [-0.3, -0.25) is 0 Å². The Kier molecular flexibility index (Phi) is 2.00. The molecule has 0 unspecified atom stereocenters. The maximum absolute atomic E-state index is 11.0. The molecule has 12 heavy (non-hydrogen) atoms. The minimum absolute atomic E-state index is 0.346. The number of amides is 2. The lowest BCUT2D eigenvalue weighted by Crippen LogP contribution is -2.35. The second-order valence-corrected chi connectivity index (χ2v) is 3.46. The molecule has 0 aromatic carbocycles. The van der Waals surface area contributed by atoms with E-state index in [1.165, 1.54) is 17.1 Å². The van der Waals surface area contributed by atoms with Crippen LogP contribution in [0.25, 0.3) is 0 Å². The highest BCUT2D eigenvalue weighted by Gasteiger charge is 2.17. The summed E-state index contributed by atoms with van der Waals surface area (Å²) >= 11 is 0. The van der Waals surface area contributed by atoms with Crippen LogP contribution in [-0.4, -0.2) is 24.4 Å². The van der Waals surface area contributed by atoms with Crippen molar-refractivity contribution >= 4 is 16.1 Å². The maximum Gasteiger partial charge on any atom is 0.326 e. The maximum atomic E-state index is 11.0. The molecule has 0 aliphatic heterocycles. The summed E-state index contributed by atoms with van der Waals surface area (Å²) in [6.07, 6.45) is 2.56. The van der Waals surface area contributed by atoms with Gasteiger partial charge in [-0.2, -0.15) is 8.42 Å². The number of nitrogens with one attached hydrogen (secondary N) is 2. The Morgan fingerprint density at radius 2 is 2.33 bits per heavy atom. The summed E-state index contributed by atoms with van der Waals surface area (Å²) < 4.78 is 23.5. The first-order valence-corrected chi connectivity index (χ1v) is 4.32. The monoisotopic (exact) mass is 190 g/mol. The largest absolute Gasteiger partial charge is 0.351 e. The molecule has 4 N–H and O–H groups in total. The van der Waals surface area contributed by atoms with Crippen molar-refractivity contribution in [1.29, 1.82) is 0 Å². The van der Waals surface area contributed by atoms with Crippen LogP contribution >= 0.6 is 0 Å². The van der Waals surface area contributed by atoms with E-state index in [1.807, 2.05) is 0 Å². The third kappa shape index (κ3) is 1.72. The van der Waals surface area contributed by atoms with Crippen LogP contribution in [0.5, 0.6) is 0 Å². The van der Waals surface area contributed by atoms with Crippen molar-refractivity contribution in [2.24, 2.45) is 5.73 Å². The summed E-state index contributed by atoms with van der Waals surface area (Å²) in [5.41, 5.74) is 4.61. The number of carbonyl (C=O) groups is 1. The quantitative estimate of drug-likeness (QED) is 0.540. The van der Waals surface area contributed by atoms with Gasteiger partial charge in [0.2, 0.25) is 5.16 Å². The van der Waals surface area contributed by atoms with Gasteiger partial charge in [-0.1, -0.05) is 0 Å². The molecule has 0 bridgehead atoms. The number of imidazole rings is 1. The first-order valence-electron chi connectivity index (χ1n) is 2.84. The number of hydrogen-bond acceptors (Lipinski definition) is 4. The molecule has 0 atom stereocenters. The van der Waals surface area contributed by atoms with Crippen molar-refractivity contribution in [2.75, 3.05) is 0 Å². The van der Waals surface area contributed by atoms with Gasteiger partial charge in [-0.25, -0.2) is 14.5 Å². The van der Waals surface area contributed by atoms with Crippen LogP contribution in [0, 0.1) is 0 Å².